The lowest BCUT2D eigenvalue weighted by molar-refractivity contribution is -0.296. The molecule has 0 aromatic carbocycles. The van der Waals surface area contributed by atoms with Crippen molar-refractivity contribution in [2.75, 3.05) is 33.0 Å². The van der Waals surface area contributed by atoms with Crippen LogP contribution in [0.2, 0.25) is 0 Å². The predicted molar refractivity (Wildman–Crippen MR) is 208 cm³/mol. The van der Waals surface area contributed by atoms with E-state index >= 15 is 4.39 Å². The molecule has 57 heavy (non-hydrogen) atoms. The molecule has 16 nitrogen and oxygen atoms in total. The van der Waals surface area contributed by atoms with Crippen LogP contribution in [0, 0.1) is 17.8 Å². The molecule has 320 valence electrons. The number of likely N-dealkylation sites (N-methyl/N-ethyl adjacent to an activating group) is 1. The monoisotopic (exact) mass is 807 g/mol. The number of hydrogen-bond acceptors (Lipinski definition) is 15. The highest BCUT2D eigenvalue weighted by molar-refractivity contribution is 6.08. The van der Waals surface area contributed by atoms with Crippen molar-refractivity contribution in [2.45, 2.75) is 148 Å². The van der Waals surface area contributed by atoms with Crippen molar-refractivity contribution in [3.05, 3.63) is 23.9 Å². The number of carbonyl (C=O) groups is 3. The normalized spacial score (nSPS) is 40.3. The van der Waals surface area contributed by atoms with Gasteiger partial charge < -0.3 is 49.4 Å². The van der Waals surface area contributed by atoms with Gasteiger partial charge >= 0.3 is 5.97 Å². The first-order valence-electron chi connectivity index (χ1n) is 19.6. The number of carbonyl (C=O) groups excluding carboxylic acids is 3. The van der Waals surface area contributed by atoms with Crippen molar-refractivity contribution in [3.8, 4) is 0 Å². The topological polar surface area (TPSA) is 214 Å². The summed E-state index contributed by atoms with van der Waals surface area (Å²) < 4.78 is 48.5. The Bertz CT molecular complexity index is 1640. The van der Waals surface area contributed by atoms with Crippen LogP contribution in [-0.2, 0) is 49.5 Å². The molecule has 0 saturated carbocycles. The Hall–Kier alpha value is -3.45. The van der Waals surface area contributed by atoms with Crippen LogP contribution >= 0.6 is 0 Å². The molecule has 1 aromatic rings. The number of nitrogens with two attached hydrogens (primary N) is 1. The minimum absolute atomic E-state index is 0.000391. The van der Waals surface area contributed by atoms with Crippen LogP contribution in [-0.4, -0.2) is 136 Å². The summed E-state index contributed by atoms with van der Waals surface area (Å²) in [4.78, 5) is 57.0. The summed E-state index contributed by atoms with van der Waals surface area (Å²) >= 11 is 0. The summed E-state index contributed by atoms with van der Waals surface area (Å²) in [6.07, 6.45) is -4.91. The van der Waals surface area contributed by atoms with Gasteiger partial charge in [0.25, 0.3) is 5.67 Å². The van der Waals surface area contributed by atoms with Gasteiger partial charge in [-0.15, -0.1) is 0 Å². The van der Waals surface area contributed by atoms with Crippen LogP contribution in [0.3, 0.4) is 0 Å². The number of fused-ring (bicyclic) bond motifs is 5. The molecule has 0 aliphatic carbocycles. The zero-order valence-corrected chi connectivity index (χ0v) is 35.1. The number of Topliss-reactive ketones (excluding diaryl/α,β-unsaturated/α-hetero) is 1. The number of pyridine rings is 1. The van der Waals surface area contributed by atoms with E-state index in [4.69, 9.17) is 34.3 Å². The summed E-state index contributed by atoms with van der Waals surface area (Å²) in [5.41, 5.74) is 0.118. The van der Waals surface area contributed by atoms with Crippen molar-refractivity contribution in [1.82, 2.24) is 9.88 Å². The van der Waals surface area contributed by atoms with Crippen LogP contribution in [0.15, 0.2) is 28.5 Å². The molecule has 3 aliphatic heterocycles. The van der Waals surface area contributed by atoms with Crippen LogP contribution in [0.4, 0.5) is 10.2 Å². The van der Waals surface area contributed by atoms with Gasteiger partial charge in [-0.2, -0.15) is 0 Å². The molecule has 4 rings (SSSR count). The lowest BCUT2D eigenvalue weighted by Crippen LogP contribution is -2.61. The van der Waals surface area contributed by atoms with Crippen LogP contribution < -0.4 is 5.73 Å². The Labute approximate surface area is 334 Å². The number of oxime groups is 1. The molecular weight excluding hydrogens is 745 g/mol. The van der Waals surface area contributed by atoms with Gasteiger partial charge in [-0.1, -0.05) is 38.9 Å². The van der Waals surface area contributed by atoms with E-state index in [1.165, 1.54) is 20.8 Å². The first-order chi connectivity index (χ1) is 26.5. The Balaban J connectivity index is 1.96. The number of aliphatic hydroxyl groups excluding tert-OH is 1. The maximum Gasteiger partial charge on any atom is 0.351 e. The van der Waals surface area contributed by atoms with Crippen molar-refractivity contribution < 1.29 is 57.5 Å². The molecule has 0 spiro atoms. The molecule has 3 fully saturated rings. The van der Waals surface area contributed by atoms with Crippen LogP contribution in [0.1, 0.15) is 87.1 Å². The third kappa shape index (κ3) is 10.6. The zero-order chi connectivity index (χ0) is 42.6. The molecule has 4 heterocycles. The number of hydrogen-bond donors (Lipinski definition) is 3. The number of ketones is 1. The molecule has 3 aliphatic rings. The fourth-order valence-corrected chi connectivity index (χ4v) is 8.33. The maximum absolute atomic E-state index is 16.8. The third-order valence-corrected chi connectivity index (χ3v) is 11.4. The van der Waals surface area contributed by atoms with Crippen molar-refractivity contribution in [1.29, 1.82) is 0 Å². The highest BCUT2D eigenvalue weighted by Crippen LogP contribution is 2.41. The molecule has 0 radical (unpaired) electrons. The largest absolute Gasteiger partial charge is 0.457 e. The van der Waals surface area contributed by atoms with E-state index in [1.807, 2.05) is 32.8 Å². The molecule has 0 unspecified atom stereocenters. The molecule has 17 heteroatoms. The zero-order valence-electron chi connectivity index (χ0n) is 35.1. The lowest BCUT2D eigenvalue weighted by atomic mass is 9.73. The van der Waals surface area contributed by atoms with Gasteiger partial charge in [0.1, 0.15) is 35.9 Å². The summed E-state index contributed by atoms with van der Waals surface area (Å²) in [7, 11) is 3.63. The fourth-order valence-electron chi connectivity index (χ4n) is 8.33. The minimum atomic E-state index is -3.21. The number of nitrogens with zero attached hydrogens (tertiary/aromatic N) is 4. The van der Waals surface area contributed by atoms with Crippen LogP contribution in [0.25, 0.3) is 0 Å². The number of amides is 1. The van der Waals surface area contributed by atoms with Crippen molar-refractivity contribution in [3.63, 3.8) is 0 Å². The van der Waals surface area contributed by atoms with Gasteiger partial charge in [-0.05, 0) is 73.0 Å². The highest BCUT2D eigenvalue weighted by Gasteiger charge is 2.56. The number of nitrogen functional groups attached to an aromatic ring is 1. The Kier molecular flexibility index (Phi) is 15.1. The Morgan fingerprint density at radius 1 is 1.12 bits per heavy atom. The first kappa shape index (κ1) is 46.2. The number of anilines is 1. The van der Waals surface area contributed by atoms with E-state index in [9.17, 15) is 24.6 Å². The number of esters is 1. The summed E-state index contributed by atoms with van der Waals surface area (Å²) in [6.45, 7) is 13.0. The molecule has 1 aromatic heterocycles. The van der Waals surface area contributed by atoms with Gasteiger partial charge in [-0.3, -0.25) is 9.59 Å². The van der Waals surface area contributed by atoms with Crippen LogP contribution in [0.5, 0.6) is 0 Å². The van der Waals surface area contributed by atoms with E-state index < -0.39 is 89.0 Å². The molecule has 13 atom stereocenters. The molecule has 4 N–H and O–H groups in total. The average molecular weight is 808 g/mol. The lowest BCUT2D eigenvalue weighted by Gasteiger charge is -2.47. The number of aliphatic hydroxyl groups is 2. The number of ether oxygens (including phenoxy) is 5. The van der Waals surface area contributed by atoms with E-state index in [0.717, 1.165) is 6.92 Å². The Morgan fingerprint density at radius 3 is 2.40 bits per heavy atom. The molecule has 1 amide bonds. The summed E-state index contributed by atoms with van der Waals surface area (Å²) in [5.74, 6) is -5.76. The van der Waals surface area contributed by atoms with E-state index in [-0.39, 0.29) is 44.5 Å². The number of rotatable bonds is 7. The van der Waals surface area contributed by atoms with Gasteiger partial charge in [0.05, 0.1) is 37.1 Å². The smallest absolute Gasteiger partial charge is 0.351 e. The van der Waals surface area contributed by atoms with Crippen molar-refractivity contribution in [2.24, 2.45) is 27.9 Å². The van der Waals surface area contributed by atoms with E-state index in [2.05, 4.69) is 15.1 Å². The van der Waals surface area contributed by atoms with Gasteiger partial charge in [0.15, 0.2) is 12.1 Å². The number of cyclic esters (lactones) is 1. The minimum Gasteiger partial charge on any atom is -0.457 e. The van der Waals surface area contributed by atoms with Gasteiger partial charge in [-0.25, -0.2) is 19.2 Å². The SMILES string of the molecule is CC[C@H]1OC(=O)[C@@](C)(F)C(=O)[C@H](C)[C@@H](O[C@@H]2O[C@H](C)C[C@H](N(C)C)[C@H]2O)[C@@]2(C)C[C@@H](C)C(=NC(C)=O)[C@H](C)[C@@H](OC/C(=N\OCc3ccc(N)nc3)CO2)[C@]1(C)O. The number of alkyl halides is 1. The predicted octanol–water partition coefficient (Wildman–Crippen LogP) is 3.19. The number of halogens is 1. The Morgan fingerprint density at radius 2 is 1.81 bits per heavy atom. The molecule has 2 bridgehead atoms. The fraction of sp³-hybridized carbons (Fsp3) is 0.750. The second kappa shape index (κ2) is 18.6. The summed E-state index contributed by atoms with van der Waals surface area (Å²) in [6, 6.07) is 2.95. The molecule has 3 saturated heterocycles. The van der Waals surface area contributed by atoms with Crippen molar-refractivity contribution >= 4 is 34.9 Å². The van der Waals surface area contributed by atoms with Gasteiger partial charge in [0, 0.05) is 42.3 Å². The average Bonchev–Trinajstić information content (AvgIpc) is 3.15. The quantitative estimate of drug-likeness (QED) is 0.205. The second-order valence-corrected chi connectivity index (χ2v) is 16.6. The van der Waals surface area contributed by atoms with E-state index in [0.29, 0.717) is 23.5 Å². The number of aliphatic imine (C=N–C) groups is 1. The third-order valence-electron chi connectivity index (χ3n) is 11.4. The standard InChI is InChI=1S/C40H62FN5O11/c1-12-29-40(9,51)35-23(4)31(44-25(6)47)21(2)16-38(7,53-20-27(19-52-35)45-54-18-26-13-14-30(42)43-17-26)34(24(5)33(49)39(8,41)37(50)56-29)57-36-32(48)28(46(10)11)15-22(3)55-36/h13-14,17,21-24,28-29,32,34-36,48,51H,12,15-16,18-20H2,1-11H3,(H2,42,43)/b44-31?,45-27+/t21-,22-,23+,24+,28+,29-,32-,34-,35-,36+,38-,39+,40-/m1/s1. The summed E-state index contributed by atoms with van der Waals surface area (Å²) in [5, 5.41) is 28.3. The number of aromatic nitrogens is 1. The molecular formula is C40H62FN5O11. The first-order valence-corrected chi connectivity index (χ1v) is 19.6. The second-order valence-electron chi connectivity index (χ2n) is 16.6. The van der Waals surface area contributed by atoms with E-state index in [1.54, 1.807) is 39.1 Å². The highest BCUT2D eigenvalue weighted by atomic mass is 19.1. The maximum atomic E-state index is 16.8. The van der Waals surface area contributed by atoms with Gasteiger partial charge in [0.2, 0.25) is 5.91 Å².